The van der Waals surface area contributed by atoms with Crippen molar-refractivity contribution in [3.63, 3.8) is 0 Å². The van der Waals surface area contributed by atoms with Gasteiger partial charge in [0.2, 0.25) is 0 Å². The number of nitrogens with zero attached hydrogens (tertiary/aromatic N) is 1. The number of aliphatic hydroxyl groups excluding tert-OH is 2. The molecule has 0 aliphatic rings. The van der Waals surface area contributed by atoms with Crippen LogP contribution >= 0.6 is 0 Å². The number of carbonyl (C=O) groups excluding carboxylic acids is 2. The van der Waals surface area contributed by atoms with Gasteiger partial charge in [-0.25, -0.2) is 8.78 Å². The summed E-state index contributed by atoms with van der Waals surface area (Å²) in [5.74, 6) is -2.19. The summed E-state index contributed by atoms with van der Waals surface area (Å²) in [6.45, 7) is 7.16. The van der Waals surface area contributed by atoms with Gasteiger partial charge in [0.05, 0.1) is 18.8 Å². The van der Waals surface area contributed by atoms with Crippen LogP contribution in [0.5, 0.6) is 0 Å². The SMILES string of the molecule is CCCN(CCC)C(=O)c1cc(C)cc(C(=O)N[C@@H](Cc2cc(F)cc(F)c2)[C@H](O)CNCCO)c1. The predicted molar refractivity (Wildman–Crippen MR) is 135 cm³/mol. The Hall–Kier alpha value is -2.88. The molecule has 2 aromatic carbocycles. The van der Waals surface area contributed by atoms with Crippen molar-refractivity contribution in [3.8, 4) is 0 Å². The molecule has 7 nitrogen and oxygen atoms in total. The number of hydrogen-bond donors (Lipinski definition) is 4. The molecule has 2 rings (SSSR count). The molecule has 0 heterocycles. The first kappa shape index (κ1) is 29.4. The first-order chi connectivity index (χ1) is 17.2. The number of aliphatic hydroxyl groups is 2. The number of nitrogens with one attached hydrogen (secondary N) is 2. The molecule has 0 fully saturated rings. The molecule has 0 aromatic heterocycles. The Morgan fingerprint density at radius 2 is 1.58 bits per heavy atom. The van der Waals surface area contributed by atoms with Gasteiger partial charge in [0.1, 0.15) is 11.6 Å². The lowest BCUT2D eigenvalue weighted by Crippen LogP contribution is -2.49. The number of halogens is 2. The van der Waals surface area contributed by atoms with Crippen LogP contribution in [0.2, 0.25) is 0 Å². The summed E-state index contributed by atoms with van der Waals surface area (Å²) in [6, 6.07) is 7.07. The summed E-state index contributed by atoms with van der Waals surface area (Å²) < 4.78 is 27.5. The van der Waals surface area contributed by atoms with Gasteiger partial charge < -0.3 is 25.7 Å². The van der Waals surface area contributed by atoms with E-state index in [2.05, 4.69) is 10.6 Å². The molecule has 36 heavy (non-hydrogen) atoms. The van der Waals surface area contributed by atoms with Crippen molar-refractivity contribution >= 4 is 11.8 Å². The molecule has 0 aliphatic carbocycles. The molecule has 198 valence electrons. The quantitative estimate of drug-likeness (QED) is 0.296. The monoisotopic (exact) mass is 505 g/mol. The van der Waals surface area contributed by atoms with E-state index < -0.39 is 29.7 Å². The van der Waals surface area contributed by atoms with Crippen LogP contribution in [0, 0.1) is 18.6 Å². The van der Waals surface area contributed by atoms with E-state index in [0.717, 1.165) is 36.6 Å². The van der Waals surface area contributed by atoms with Crippen LogP contribution in [0.3, 0.4) is 0 Å². The van der Waals surface area contributed by atoms with E-state index in [1.165, 1.54) is 6.07 Å². The van der Waals surface area contributed by atoms with E-state index in [1.54, 1.807) is 24.0 Å². The largest absolute Gasteiger partial charge is 0.395 e. The van der Waals surface area contributed by atoms with Crippen molar-refractivity contribution in [1.29, 1.82) is 0 Å². The Morgan fingerprint density at radius 1 is 0.972 bits per heavy atom. The summed E-state index contributed by atoms with van der Waals surface area (Å²) in [5, 5.41) is 25.3. The molecule has 0 saturated carbocycles. The summed E-state index contributed by atoms with van der Waals surface area (Å²) >= 11 is 0. The molecule has 0 unspecified atom stereocenters. The lowest BCUT2D eigenvalue weighted by atomic mass is 9.99. The van der Waals surface area contributed by atoms with Crippen LogP contribution in [0.25, 0.3) is 0 Å². The Kier molecular flexibility index (Phi) is 11.9. The van der Waals surface area contributed by atoms with E-state index in [-0.39, 0.29) is 43.2 Å². The molecule has 4 N–H and O–H groups in total. The van der Waals surface area contributed by atoms with E-state index in [1.807, 2.05) is 13.8 Å². The Balaban J connectivity index is 2.29. The summed E-state index contributed by atoms with van der Waals surface area (Å²) in [4.78, 5) is 28.1. The Labute approximate surface area is 211 Å². The number of amides is 2. The third-order valence-corrected chi connectivity index (χ3v) is 5.66. The molecular weight excluding hydrogens is 468 g/mol. The van der Waals surface area contributed by atoms with Crippen molar-refractivity contribution in [3.05, 3.63) is 70.3 Å². The third kappa shape index (κ3) is 8.96. The maximum Gasteiger partial charge on any atom is 0.253 e. The fourth-order valence-corrected chi connectivity index (χ4v) is 4.06. The molecule has 0 radical (unpaired) electrons. The second kappa shape index (κ2) is 14.6. The van der Waals surface area contributed by atoms with Crippen molar-refractivity contribution < 1.29 is 28.6 Å². The van der Waals surface area contributed by atoms with E-state index in [4.69, 9.17) is 5.11 Å². The molecule has 0 bridgehead atoms. The minimum absolute atomic E-state index is 0.0270. The number of benzene rings is 2. The highest BCUT2D eigenvalue weighted by Crippen LogP contribution is 2.16. The van der Waals surface area contributed by atoms with Crippen LogP contribution in [-0.2, 0) is 6.42 Å². The maximum absolute atomic E-state index is 13.7. The van der Waals surface area contributed by atoms with Gasteiger partial charge >= 0.3 is 0 Å². The molecular formula is C27H37F2N3O4. The van der Waals surface area contributed by atoms with Gasteiger partial charge in [-0.2, -0.15) is 0 Å². The average molecular weight is 506 g/mol. The number of hydrogen-bond acceptors (Lipinski definition) is 5. The van der Waals surface area contributed by atoms with E-state index >= 15 is 0 Å². The van der Waals surface area contributed by atoms with Crippen molar-refractivity contribution in [2.24, 2.45) is 0 Å². The predicted octanol–water partition coefficient (Wildman–Crippen LogP) is 2.82. The molecule has 2 aromatic rings. The van der Waals surface area contributed by atoms with Gasteiger partial charge in [-0.1, -0.05) is 13.8 Å². The number of carbonyl (C=O) groups is 2. The molecule has 2 amide bonds. The average Bonchev–Trinajstić information content (AvgIpc) is 2.82. The summed E-state index contributed by atoms with van der Waals surface area (Å²) in [5.41, 5.74) is 1.65. The second-order valence-electron chi connectivity index (χ2n) is 8.94. The highest BCUT2D eigenvalue weighted by Gasteiger charge is 2.24. The highest BCUT2D eigenvalue weighted by atomic mass is 19.1. The second-order valence-corrected chi connectivity index (χ2v) is 8.94. The highest BCUT2D eigenvalue weighted by molar-refractivity contribution is 6.00. The van der Waals surface area contributed by atoms with Gasteiger partial charge in [0.25, 0.3) is 11.8 Å². The first-order valence-corrected chi connectivity index (χ1v) is 12.3. The minimum Gasteiger partial charge on any atom is -0.395 e. The fourth-order valence-electron chi connectivity index (χ4n) is 4.06. The van der Waals surface area contributed by atoms with Crippen LogP contribution in [0.1, 0.15) is 58.5 Å². The zero-order chi connectivity index (χ0) is 26.7. The fraction of sp³-hybridized carbons (Fsp3) is 0.481. The van der Waals surface area contributed by atoms with Gasteiger partial charge in [0, 0.05) is 43.4 Å². The minimum atomic E-state index is -1.11. The third-order valence-electron chi connectivity index (χ3n) is 5.66. The van der Waals surface area contributed by atoms with E-state index in [0.29, 0.717) is 18.7 Å². The zero-order valence-electron chi connectivity index (χ0n) is 21.2. The van der Waals surface area contributed by atoms with Gasteiger partial charge in [0.15, 0.2) is 0 Å². The van der Waals surface area contributed by atoms with E-state index in [9.17, 15) is 23.5 Å². The van der Waals surface area contributed by atoms with Gasteiger partial charge in [-0.3, -0.25) is 9.59 Å². The van der Waals surface area contributed by atoms with Crippen molar-refractivity contribution in [2.45, 2.75) is 52.2 Å². The molecule has 9 heteroatoms. The zero-order valence-corrected chi connectivity index (χ0v) is 21.2. The normalized spacial score (nSPS) is 12.8. The summed E-state index contributed by atoms with van der Waals surface area (Å²) in [7, 11) is 0. The lowest BCUT2D eigenvalue weighted by Gasteiger charge is -2.25. The Bertz CT molecular complexity index is 992. The van der Waals surface area contributed by atoms with Gasteiger partial charge in [-0.05, 0) is 67.6 Å². The standard InChI is InChI=1S/C27H37F2N3O4/c1-4-7-32(8-5-2)27(36)21-11-18(3)10-20(15-21)26(35)31-24(25(34)17-30-6-9-33)14-19-12-22(28)16-23(29)13-19/h10-13,15-16,24-25,30,33-34H,4-9,14,17H2,1-3H3,(H,31,35)/t24-,25+/m0/s1. The molecule has 0 aliphatic heterocycles. The number of rotatable bonds is 14. The smallest absolute Gasteiger partial charge is 0.253 e. The van der Waals surface area contributed by atoms with Crippen molar-refractivity contribution in [2.75, 3.05) is 32.8 Å². The van der Waals surface area contributed by atoms with Gasteiger partial charge in [-0.15, -0.1) is 0 Å². The van der Waals surface area contributed by atoms with Crippen LogP contribution in [-0.4, -0.2) is 71.9 Å². The lowest BCUT2D eigenvalue weighted by molar-refractivity contribution is 0.0755. The topological polar surface area (TPSA) is 102 Å². The Morgan fingerprint density at radius 3 is 2.17 bits per heavy atom. The van der Waals surface area contributed by atoms with Crippen LogP contribution in [0.4, 0.5) is 8.78 Å². The van der Waals surface area contributed by atoms with Crippen molar-refractivity contribution in [1.82, 2.24) is 15.5 Å². The van der Waals surface area contributed by atoms with Crippen LogP contribution < -0.4 is 10.6 Å². The first-order valence-electron chi connectivity index (χ1n) is 12.3. The molecule has 0 spiro atoms. The maximum atomic E-state index is 13.7. The summed E-state index contributed by atoms with van der Waals surface area (Å²) in [6.07, 6.45) is 0.494. The molecule has 0 saturated heterocycles. The number of aryl methyl sites for hydroxylation is 1. The molecule has 2 atom stereocenters. The van der Waals surface area contributed by atoms with Crippen LogP contribution in [0.15, 0.2) is 36.4 Å².